The Bertz CT molecular complexity index is 559. The number of rotatable bonds is 3. The first-order chi connectivity index (χ1) is 9.24. The summed E-state index contributed by atoms with van der Waals surface area (Å²) >= 11 is 0. The van der Waals surface area contributed by atoms with Crippen molar-refractivity contribution in [2.24, 2.45) is 5.92 Å². The fraction of sp³-hybridized carbons (Fsp3) is 0.467. The van der Waals surface area contributed by atoms with Crippen LogP contribution in [0.5, 0.6) is 0 Å². The van der Waals surface area contributed by atoms with Crippen LogP contribution >= 0.6 is 0 Å². The molecule has 0 fully saturated rings. The number of hydrogen-bond acceptors (Lipinski definition) is 3. The largest absolute Gasteiger partial charge is 0.396 e. The summed E-state index contributed by atoms with van der Waals surface area (Å²) < 4.78 is 2.00. The van der Waals surface area contributed by atoms with Gasteiger partial charge in [0.05, 0.1) is 0 Å². The Kier molecular flexibility index (Phi) is 3.34. The smallest absolute Gasteiger partial charge is 0.155 e. The lowest BCUT2D eigenvalue weighted by atomic mass is 9.99. The van der Waals surface area contributed by atoms with Crippen LogP contribution in [-0.4, -0.2) is 26.5 Å². The highest BCUT2D eigenvalue weighted by molar-refractivity contribution is 5.23. The Morgan fingerprint density at radius 2 is 2.11 bits per heavy atom. The Morgan fingerprint density at radius 3 is 2.84 bits per heavy atom. The van der Waals surface area contributed by atoms with E-state index < -0.39 is 0 Å². The molecule has 1 N–H and O–H groups in total. The van der Waals surface area contributed by atoms with Crippen LogP contribution in [0.4, 0.5) is 0 Å². The van der Waals surface area contributed by atoms with E-state index in [2.05, 4.69) is 41.3 Å². The Balaban J connectivity index is 1.76. The molecule has 1 atom stereocenters. The topological polar surface area (TPSA) is 50.9 Å². The van der Waals surface area contributed by atoms with Gasteiger partial charge in [-0.1, -0.05) is 29.8 Å². The van der Waals surface area contributed by atoms with E-state index in [0.717, 1.165) is 37.5 Å². The second-order valence-corrected chi connectivity index (χ2v) is 5.37. The molecule has 0 radical (unpaired) electrons. The monoisotopic (exact) mass is 257 g/mol. The number of hydrogen-bond donors (Lipinski definition) is 1. The van der Waals surface area contributed by atoms with Gasteiger partial charge in [-0.3, -0.25) is 0 Å². The van der Waals surface area contributed by atoms with Gasteiger partial charge in [0.25, 0.3) is 0 Å². The van der Waals surface area contributed by atoms with Gasteiger partial charge in [0.15, 0.2) is 5.82 Å². The standard InChI is InChI=1S/C15H19N3O/c1-11-2-4-12(5-3-11)8-14-16-15-9-13(10-19)6-7-18(15)17-14/h2-5,13,19H,6-10H2,1H3. The maximum absolute atomic E-state index is 9.23. The minimum atomic E-state index is 0.250. The van der Waals surface area contributed by atoms with Gasteiger partial charge >= 0.3 is 0 Å². The van der Waals surface area contributed by atoms with Gasteiger partial charge in [-0.05, 0) is 24.8 Å². The summed E-state index contributed by atoms with van der Waals surface area (Å²) in [6.07, 6.45) is 2.62. The summed E-state index contributed by atoms with van der Waals surface area (Å²) in [5, 5.41) is 13.8. The summed E-state index contributed by atoms with van der Waals surface area (Å²) in [6, 6.07) is 8.50. The number of aryl methyl sites for hydroxylation is 2. The molecule has 0 aliphatic carbocycles. The van der Waals surface area contributed by atoms with Crippen molar-refractivity contribution >= 4 is 0 Å². The first kappa shape index (κ1) is 12.4. The van der Waals surface area contributed by atoms with Gasteiger partial charge in [0, 0.05) is 26.0 Å². The predicted molar refractivity (Wildman–Crippen MR) is 72.9 cm³/mol. The molecule has 4 heteroatoms. The average Bonchev–Trinajstić information content (AvgIpc) is 2.82. The predicted octanol–water partition coefficient (Wildman–Crippen LogP) is 1.73. The summed E-state index contributed by atoms with van der Waals surface area (Å²) in [5.41, 5.74) is 2.51. The van der Waals surface area contributed by atoms with Crippen molar-refractivity contribution in [3.05, 3.63) is 47.0 Å². The van der Waals surface area contributed by atoms with E-state index in [1.165, 1.54) is 11.1 Å². The molecule has 1 unspecified atom stereocenters. The zero-order valence-electron chi connectivity index (χ0n) is 11.2. The number of benzene rings is 1. The highest BCUT2D eigenvalue weighted by Gasteiger charge is 2.21. The van der Waals surface area contributed by atoms with Gasteiger partial charge < -0.3 is 5.11 Å². The van der Waals surface area contributed by atoms with Crippen LogP contribution in [-0.2, 0) is 19.4 Å². The van der Waals surface area contributed by atoms with Crippen molar-refractivity contribution in [1.29, 1.82) is 0 Å². The van der Waals surface area contributed by atoms with Gasteiger partial charge in [0.2, 0.25) is 0 Å². The third-order valence-corrected chi connectivity index (χ3v) is 3.75. The fourth-order valence-electron chi connectivity index (χ4n) is 2.54. The van der Waals surface area contributed by atoms with Crippen molar-refractivity contribution in [3.63, 3.8) is 0 Å². The molecule has 2 aromatic rings. The van der Waals surface area contributed by atoms with Crippen LogP contribution in [0, 0.1) is 12.8 Å². The van der Waals surface area contributed by atoms with Crippen LogP contribution in [0.25, 0.3) is 0 Å². The van der Waals surface area contributed by atoms with Gasteiger partial charge in [0.1, 0.15) is 5.82 Å². The minimum Gasteiger partial charge on any atom is -0.396 e. The van der Waals surface area contributed by atoms with Crippen molar-refractivity contribution < 1.29 is 5.11 Å². The Labute approximate surface area is 113 Å². The molecule has 0 spiro atoms. The number of aliphatic hydroxyl groups excluding tert-OH is 1. The first-order valence-corrected chi connectivity index (χ1v) is 6.83. The van der Waals surface area contributed by atoms with E-state index in [0.29, 0.717) is 5.92 Å². The second-order valence-electron chi connectivity index (χ2n) is 5.37. The SMILES string of the molecule is Cc1ccc(Cc2nc3n(n2)CCC(CO)C3)cc1. The van der Waals surface area contributed by atoms with Gasteiger partial charge in [-0.2, -0.15) is 5.10 Å². The molecule has 2 heterocycles. The highest BCUT2D eigenvalue weighted by Crippen LogP contribution is 2.19. The quantitative estimate of drug-likeness (QED) is 0.911. The molecule has 3 rings (SSSR count). The molecule has 4 nitrogen and oxygen atoms in total. The van der Waals surface area contributed by atoms with Crippen LogP contribution in [0.3, 0.4) is 0 Å². The molecule has 100 valence electrons. The normalized spacial score (nSPS) is 18.3. The van der Waals surface area contributed by atoms with Crippen LogP contribution in [0.1, 0.15) is 29.2 Å². The number of nitrogens with zero attached hydrogens (tertiary/aromatic N) is 3. The highest BCUT2D eigenvalue weighted by atomic mass is 16.3. The van der Waals surface area contributed by atoms with Gasteiger partial charge in [-0.25, -0.2) is 9.67 Å². The third-order valence-electron chi connectivity index (χ3n) is 3.75. The summed E-state index contributed by atoms with van der Waals surface area (Å²) in [4.78, 5) is 4.61. The van der Waals surface area contributed by atoms with Crippen molar-refractivity contribution in [2.75, 3.05) is 6.61 Å². The number of aromatic nitrogens is 3. The number of aliphatic hydroxyl groups is 1. The Hall–Kier alpha value is -1.68. The van der Waals surface area contributed by atoms with Crippen LogP contribution < -0.4 is 0 Å². The molecule has 0 bridgehead atoms. The minimum absolute atomic E-state index is 0.250. The van der Waals surface area contributed by atoms with E-state index >= 15 is 0 Å². The molecule has 1 aliphatic rings. The summed E-state index contributed by atoms with van der Waals surface area (Å²) in [5.74, 6) is 2.26. The molecule has 0 amide bonds. The molecule has 1 aromatic carbocycles. The molecule has 1 aromatic heterocycles. The number of fused-ring (bicyclic) bond motifs is 1. The van der Waals surface area contributed by atoms with E-state index in [1.807, 2.05) is 4.68 Å². The molecular weight excluding hydrogens is 238 g/mol. The zero-order valence-corrected chi connectivity index (χ0v) is 11.2. The lowest BCUT2D eigenvalue weighted by molar-refractivity contribution is 0.196. The van der Waals surface area contributed by atoms with E-state index in [-0.39, 0.29) is 6.61 Å². The molecule has 0 saturated heterocycles. The van der Waals surface area contributed by atoms with E-state index in [1.54, 1.807) is 0 Å². The summed E-state index contributed by atoms with van der Waals surface area (Å²) in [6.45, 7) is 3.22. The van der Waals surface area contributed by atoms with Gasteiger partial charge in [-0.15, -0.1) is 0 Å². The molecular formula is C15H19N3O. The molecule has 0 saturated carbocycles. The Morgan fingerprint density at radius 1 is 1.32 bits per heavy atom. The fourth-order valence-corrected chi connectivity index (χ4v) is 2.54. The van der Waals surface area contributed by atoms with Crippen LogP contribution in [0.15, 0.2) is 24.3 Å². The van der Waals surface area contributed by atoms with E-state index in [9.17, 15) is 5.11 Å². The second kappa shape index (κ2) is 5.13. The lowest BCUT2D eigenvalue weighted by Crippen LogP contribution is -2.22. The van der Waals surface area contributed by atoms with Crippen LogP contribution in [0.2, 0.25) is 0 Å². The zero-order chi connectivity index (χ0) is 13.2. The molecule has 1 aliphatic heterocycles. The average molecular weight is 257 g/mol. The van der Waals surface area contributed by atoms with E-state index in [4.69, 9.17) is 0 Å². The van der Waals surface area contributed by atoms with Crippen molar-refractivity contribution in [3.8, 4) is 0 Å². The third kappa shape index (κ3) is 2.68. The maximum atomic E-state index is 9.23. The van der Waals surface area contributed by atoms with Crippen molar-refractivity contribution in [2.45, 2.75) is 32.7 Å². The summed E-state index contributed by atoms with van der Waals surface area (Å²) in [7, 11) is 0. The van der Waals surface area contributed by atoms with Crippen molar-refractivity contribution in [1.82, 2.24) is 14.8 Å². The first-order valence-electron chi connectivity index (χ1n) is 6.83. The maximum Gasteiger partial charge on any atom is 0.155 e. The molecule has 19 heavy (non-hydrogen) atoms. The lowest BCUT2D eigenvalue weighted by Gasteiger charge is -2.19.